The van der Waals surface area contributed by atoms with E-state index in [2.05, 4.69) is 0 Å². The summed E-state index contributed by atoms with van der Waals surface area (Å²) < 4.78 is 33.7. The van der Waals surface area contributed by atoms with Crippen molar-refractivity contribution < 1.29 is 43.1 Å². The molecule has 0 aromatic heterocycles. The van der Waals surface area contributed by atoms with E-state index in [-0.39, 0.29) is 18.9 Å². The lowest BCUT2D eigenvalue weighted by atomic mass is 9.87. The Morgan fingerprint density at radius 2 is 1.44 bits per heavy atom. The summed E-state index contributed by atoms with van der Waals surface area (Å²) in [4.78, 5) is 26.3. The Kier molecular flexibility index (Phi) is 9.44. The molecule has 0 saturated carbocycles. The summed E-state index contributed by atoms with van der Waals surface area (Å²) in [5.74, 6) is 2.03. The molecule has 3 aromatic rings. The van der Waals surface area contributed by atoms with Gasteiger partial charge in [0.2, 0.25) is 5.75 Å². The van der Waals surface area contributed by atoms with Crippen LogP contribution in [0, 0.1) is 0 Å². The van der Waals surface area contributed by atoms with Gasteiger partial charge in [-0.15, -0.1) is 0 Å². The van der Waals surface area contributed by atoms with Gasteiger partial charge in [-0.1, -0.05) is 12.1 Å². The first-order valence-electron chi connectivity index (χ1n) is 13.1. The monoisotopic (exact) mass is 565 g/mol. The fourth-order valence-electron chi connectivity index (χ4n) is 5.06. The summed E-state index contributed by atoms with van der Waals surface area (Å²) >= 11 is 0. The van der Waals surface area contributed by atoms with E-state index >= 15 is 0 Å². The summed E-state index contributed by atoms with van der Waals surface area (Å²) in [6, 6.07) is 14.1. The number of carbonyl (C=O) groups is 2. The Hall–Kier alpha value is -4.60. The molecule has 1 unspecified atom stereocenters. The highest BCUT2D eigenvalue weighted by Crippen LogP contribution is 2.46. The molecular weight excluding hydrogens is 530 g/mol. The minimum absolute atomic E-state index is 0.0497. The second-order valence-electron chi connectivity index (χ2n) is 9.43. The van der Waals surface area contributed by atoms with Crippen LogP contribution >= 0.6 is 0 Å². The highest BCUT2D eigenvalue weighted by Gasteiger charge is 2.35. The van der Waals surface area contributed by atoms with Crippen molar-refractivity contribution in [2.45, 2.75) is 25.3 Å². The molecule has 0 bridgehead atoms. The zero-order chi connectivity index (χ0) is 29.5. The zero-order valence-electron chi connectivity index (χ0n) is 23.9. The predicted octanol–water partition coefficient (Wildman–Crippen LogP) is 4.30. The Bertz CT molecular complexity index is 1360. The van der Waals surface area contributed by atoms with Crippen molar-refractivity contribution in [1.29, 1.82) is 0 Å². The van der Waals surface area contributed by atoms with Gasteiger partial charge in [0, 0.05) is 13.0 Å². The summed E-state index contributed by atoms with van der Waals surface area (Å²) in [6.45, 7) is 0.262. The lowest BCUT2D eigenvalue weighted by molar-refractivity contribution is -0.137. The number of rotatable bonds is 12. The van der Waals surface area contributed by atoms with E-state index in [1.54, 1.807) is 64.7 Å². The third kappa shape index (κ3) is 6.42. The van der Waals surface area contributed by atoms with Crippen LogP contribution in [0.4, 0.5) is 0 Å². The minimum atomic E-state index is -0.850. The topological polar surface area (TPSA) is 113 Å². The van der Waals surface area contributed by atoms with Gasteiger partial charge in [0.05, 0.1) is 41.6 Å². The predicted molar refractivity (Wildman–Crippen MR) is 151 cm³/mol. The van der Waals surface area contributed by atoms with Crippen LogP contribution in [-0.4, -0.2) is 70.6 Å². The lowest BCUT2D eigenvalue weighted by Gasteiger charge is -2.38. The number of hydrogen-bond acceptors (Lipinski definition) is 8. The number of carboxylic acid groups (broad SMARTS) is 1. The van der Waals surface area contributed by atoms with E-state index in [1.165, 1.54) is 0 Å². The fraction of sp³-hybridized carbons (Fsp3) is 0.355. The molecule has 1 aliphatic rings. The van der Waals surface area contributed by atoms with Crippen LogP contribution in [0.3, 0.4) is 0 Å². The number of fused-ring (bicyclic) bond motifs is 1. The molecule has 4 rings (SSSR count). The second kappa shape index (κ2) is 13.2. The number of carboxylic acids is 1. The molecule has 1 N–H and O–H groups in total. The minimum Gasteiger partial charge on any atom is -0.493 e. The van der Waals surface area contributed by atoms with Crippen molar-refractivity contribution in [2.24, 2.45) is 0 Å². The average Bonchev–Trinajstić information content (AvgIpc) is 3.00. The number of hydrogen-bond donors (Lipinski definition) is 1. The number of methoxy groups -OCH3 is 5. The maximum absolute atomic E-state index is 13.7. The molecule has 1 atom stereocenters. The molecule has 10 heteroatoms. The van der Waals surface area contributed by atoms with E-state index in [0.29, 0.717) is 53.9 Å². The smallest absolute Gasteiger partial charge is 0.303 e. The van der Waals surface area contributed by atoms with Crippen molar-refractivity contribution in [3.05, 3.63) is 70.8 Å². The quantitative estimate of drug-likeness (QED) is 0.343. The first-order valence-corrected chi connectivity index (χ1v) is 13.1. The van der Waals surface area contributed by atoms with Crippen LogP contribution in [0.15, 0.2) is 48.5 Å². The fourth-order valence-corrected chi connectivity index (χ4v) is 5.06. The standard InChI is InChI=1S/C31H35NO9/c1-36-24-14-20-12-13-32(28(33)18-41-22-9-6-19(7-10-22)8-11-29(34)35)30(23(20)17-25(24)37-2)21-15-26(38-3)31(40-5)27(16-21)39-4/h6-7,9-10,14-17,30H,8,11-13,18H2,1-5H3,(H,34,35). The first kappa shape index (κ1) is 29.4. The highest BCUT2D eigenvalue weighted by atomic mass is 16.5. The van der Waals surface area contributed by atoms with Crippen LogP contribution in [0.25, 0.3) is 0 Å². The molecule has 0 spiro atoms. The highest BCUT2D eigenvalue weighted by molar-refractivity contribution is 5.80. The molecular formula is C31H35NO9. The van der Waals surface area contributed by atoms with Crippen molar-refractivity contribution >= 4 is 11.9 Å². The van der Waals surface area contributed by atoms with Gasteiger partial charge in [0.25, 0.3) is 5.91 Å². The number of ether oxygens (including phenoxy) is 6. The SMILES string of the molecule is COc1cc2c(cc1OC)C(c1cc(OC)c(OC)c(OC)c1)N(C(=O)COc1ccc(CCC(=O)O)cc1)CC2. The molecule has 3 aromatic carbocycles. The Balaban J connectivity index is 1.68. The summed E-state index contributed by atoms with van der Waals surface area (Å²) in [5, 5.41) is 8.90. The Morgan fingerprint density at radius 1 is 0.829 bits per heavy atom. The van der Waals surface area contributed by atoms with Crippen LogP contribution in [0.2, 0.25) is 0 Å². The second-order valence-corrected chi connectivity index (χ2v) is 9.43. The van der Waals surface area contributed by atoms with Gasteiger partial charge in [0.15, 0.2) is 29.6 Å². The normalized spacial score (nSPS) is 14.1. The van der Waals surface area contributed by atoms with Gasteiger partial charge in [0.1, 0.15) is 5.75 Å². The summed E-state index contributed by atoms with van der Waals surface area (Å²) in [6.07, 6.45) is 1.08. The molecule has 218 valence electrons. The van der Waals surface area contributed by atoms with E-state index in [4.69, 9.17) is 33.5 Å². The van der Waals surface area contributed by atoms with Gasteiger partial charge >= 0.3 is 5.97 Å². The molecule has 41 heavy (non-hydrogen) atoms. The Labute approximate surface area is 239 Å². The van der Waals surface area contributed by atoms with Gasteiger partial charge in [-0.2, -0.15) is 0 Å². The number of benzene rings is 3. The average molecular weight is 566 g/mol. The van der Waals surface area contributed by atoms with Gasteiger partial charge in [-0.3, -0.25) is 9.59 Å². The summed E-state index contributed by atoms with van der Waals surface area (Å²) in [5.41, 5.74) is 3.57. The van der Waals surface area contributed by atoms with Crippen molar-refractivity contribution in [3.63, 3.8) is 0 Å². The molecule has 1 aliphatic heterocycles. The van der Waals surface area contributed by atoms with Crippen LogP contribution in [0.1, 0.15) is 34.7 Å². The third-order valence-electron chi connectivity index (χ3n) is 7.11. The maximum atomic E-state index is 13.7. The van der Waals surface area contributed by atoms with Crippen molar-refractivity contribution in [2.75, 3.05) is 48.7 Å². The molecule has 1 amide bonds. The molecule has 0 aliphatic carbocycles. The van der Waals surface area contributed by atoms with Crippen LogP contribution in [0.5, 0.6) is 34.5 Å². The van der Waals surface area contributed by atoms with Crippen molar-refractivity contribution in [3.8, 4) is 34.5 Å². The zero-order valence-corrected chi connectivity index (χ0v) is 23.9. The van der Waals surface area contributed by atoms with E-state index in [1.807, 2.05) is 24.3 Å². The maximum Gasteiger partial charge on any atom is 0.303 e. The van der Waals surface area contributed by atoms with Gasteiger partial charge in [-0.25, -0.2) is 0 Å². The Morgan fingerprint density at radius 3 is 2.00 bits per heavy atom. The largest absolute Gasteiger partial charge is 0.493 e. The molecule has 1 heterocycles. The van der Waals surface area contributed by atoms with E-state index in [0.717, 1.165) is 22.3 Å². The number of amides is 1. The van der Waals surface area contributed by atoms with E-state index < -0.39 is 12.0 Å². The summed E-state index contributed by atoms with van der Waals surface area (Å²) in [7, 11) is 7.81. The molecule has 10 nitrogen and oxygen atoms in total. The molecule has 0 saturated heterocycles. The van der Waals surface area contributed by atoms with Gasteiger partial charge in [-0.05, 0) is 71.5 Å². The number of carbonyl (C=O) groups excluding carboxylic acids is 1. The third-order valence-corrected chi connectivity index (χ3v) is 7.11. The number of nitrogens with zero attached hydrogens (tertiary/aromatic N) is 1. The number of aryl methyl sites for hydroxylation is 1. The van der Waals surface area contributed by atoms with E-state index in [9.17, 15) is 9.59 Å². The van der Waals surface area contributed by atoms with Crippen molar-refractivity contribution in [1.82, 2.24) is 4.90 Å². The number of aliphatic carboxylic acids is 1. The van der Waals surface area contributed by atoms with Crippen LogP contribution < -0.4 is 28.4 Å². The molecule has 0 fully saturated rings. The van der Waals surface area contributed by atoms with Gasteiger partial charge < -0.3 is 38.4 Å². The lowest BCUT2D eigenvalue weighted by Crippen LogP contribution is -2.43. The first-order chi connectivity index (χ1) is 19.8. The van der Waals surface area contributed by atoms with Crippen LogP contribution in [-0.2, 0) is 22.4 Å². The molecule has 0 radical (unpaired) electrons.